The van der Waals surface area contributed by atoms with Gasteiger partial charge in [-0.15, -0.1) is 0 Å². The van der Waals surface area contributed by atoms with Crippen molar-refractivity contribution in [2.24, 2.45) is 0 Å². The van der Waals surface area contributed by atoms with Crippen molar-refractivity contribution in [3.05, 3.63) is 54.1 Å². The minimum absolute atomic E-state index is 0.513. The summed E-state index contributed by atoms with van der Waals surface area (Å²) in [6, 6.07) is 9.67. The second-order valence-corrected chi connectivity index (χ2v) is 3.78. The van der Waals surface area contributed by atoms with Crippen molar-refractivity contribution in [3.63, 3.8) is 0 Å². The van der Waals surface area contributed by atoms with Gasteiger partial charge < -0.3 is 0 Å². The summed E-state index contributed by atoms with van der Waals surface area (Å²) in [5.74, 6) is 0.814. The zero-order valence-electron chi connectivity index (χ0n) is 8.34. The normalized spacial score (nSPS) is 10.8. The van der Waals surface area contributed by atoms with Crippen molar-refractivity contribution < 1.29 is 0 Å². The monoisotopic (exact) mass is 229 g/mol. The molecule has 0 bridgehead atoms. The first-order chi connectivity index (χ1) is 7.86. The third-order valence-corrected chi connectivity index (χ3v) is 2.70. The lowest BCUT2D eigenvalue weighted by Gasteiger charge is -1.99. The molecule has 0 spiro atoms. The van der Waals surface area contributed by atoms with Crippen LogP contribution in [-0.2, 0) is 0 Å². The van der Waals surface area contributed by atoms with Gasteiger partial charge in [0.2, 0.25) is 0 Å². The van der Waals surface area contributed by atoms with Crippen LogP contribution in [0.3, 0.4) is 0 Å². The van der Waals surface area contributed by atoms with Crippen LogP contribution in [0, 0.1) is 0 Å². The summed E-state index contributed by atoms with van der Waals surface area (Å²) in [6.45, 7) is 0. The van der Waals surface area contributed by atoms with E-state index in [0.717, 1.165) is 16.9 Å². The quantitative estimate of drug-likeness (QED) is 0.642. The summed E-state index contributed by atoms with van der Waals surface area (Å²) in [7, 11) is 0. The van der Waals surface area contributed by atoms with Gasteiger partial charge in [-0.3, -0.25) is 9.38 Å². The first-order valence-corrected chi connectivity index (χ1v) is 5.27. The molecule has 3 heterocycles. The number of fused-ring (bicyclic) bond motifs is 1. The molecule has 0 fully saturated rings. The van der Waals surface area contributed by atoms with Crippen LogP contribution in [0.5, 0.6) is 0 Å². The van der Waals surface area contributed by atoms with E-state index in [4.69, 9.17) is 11.6 Å². The predicted octanol–water partition coefficient (Wildman–Crippen LogP) is 3.05. The molecule has 0 N–H and O–H groups in total. The maximum atomic E-state index is 6.08. The average Bonchev–Trinajstić information content (AvgIpc) is 2.69. The van der Waals surface area contributed by atoms with Gasteiger partial charge in [0.1, 0.15) is 5.82 Å². The molecular formula is C12H8ClN3. The second kappa shape index (κ2) is 3.61. The molecule has 4 heteroatoms. The lowest BCUT2D eigenvalue weighted by Crippen LogP contribution is -1.88. The molecule has 3 rings (SSSR count). The Kier molecular flexibility index (Phi) is 2.11. The fraction of sp³-hybridized carbons (Fsp3) is 0. The van der Waals surface area contributed by atoms with Gasteiger partial charge >= 0.3 is 0 Å². The van der Waals surface area contributed by atoms with Crippen molar-refractivity contribution in [2.75, 3.05) is 0 Å². The zero-order valence-corrected chi connectivity index (χ0v) is 9.09. The van der Waals surface area contributed by atoms with Crippen LogP contribution in [0.15, 0.2) is 48.9 Å². The van der Waals surface area contributed by atoms with Crippen LogP contribution in [0.1, 0.15) is 0 Å². The molecule has 0 unspecified atom stereocenters. The van der Waals surface area contributed by atoms with Crippen LogP contribution in [0.25, 0.3) is 16.9 Å². The van der Waals surface area contributed by atoms with E-state index in [9.17, 15) is 0 Å². The molecule has 0 aromatic carbocycles. The Bertz CT molecular complexity index is 631. The molecule has 0 aliphatic rings. The van der Waals surface area contributed by atoms with Crippen molar-refractivity contribution in [1.82, 2.24) is 14.4 Å². The summed E-state index contributed by atoms with van der Waals surface area (Å²) in [4.78, 5) is 8.43. The van der Waals surface area contributed by atoms with E-state index in [-0.39, 0.29) is 0 Å². The number of hydrogen-bond acceptors (Lipinski definition) is 2. The maximum absolute atomic E-state index is 6.08. The van der Waals surface area contributed by atoms with Crippen LogP contribution in [0.4, 0.5) is 0 Å². The molecule has 0 atom stereocenters. The number of imidazole rings is 1. The predicted molar refractivity (Wildman–Crippen MR) is 63.4 cm³/mol. The fourth-order valence-corrected chi connectivity index (χ4v) is 1.93. The van der Waals surface area contributed by atoms with E-state index in [1.54, 1.807) is 12.4 Å². The molecule has 0 amide bonds. The second-order valence-electron chi connectivity index (χ2n) is 3.42. The van der Waals surface area contributed by atoms with Crippen LogP contribution < -0.4 is 0 Å². The summed E-state index contributed by atoms with van der Waals surface area (Å²) in [5, 5.41) is 0.513. The number of pyridine rings is 2. The van der Waals surface area contributed by atoms with Crippen molar-refractivity contribution in [2.45, 2.75) is 0 Å². The van der Waals surface area contributed by atoms with Gasteiger partial charge in [0.25, 0.3) is 0 Å². The van der Waals surface area contributed by atoms with E-state index in [1.807, 2.05) is 40.9 Å². The van der Waals surface area contributed by atoms with Gasteiger partial charge in [0.05, 0.1) is 5.52 Å². The summed E-state index contributed by atoms with van der Waals surface area (Å²) < 4.78 is 1.96. The molecular weight excluding hydrogens is 222 g/mol. The molecule has 0 saturated carbocycles. The minimum Gasteiger partial charge on any atom is -0.298 e. The molecule has 3 nitrogen and oxygen atoms in total. The molecule has 78 valence electrons. The number of halogens is 1. The SMILES string of the molecule is Clc1nc(-c2cccnc2)n2ccccc12. The zero-order chi connectivity index (χ0) is 11.0. The van der Waals surface area contributed by atoms with Gasteiger partial charge in [-0.2, -0.15) is 0 Å². The molecule has 0 radical (unpaired) electrons. The number of aromatic nitrogens is 3. The van der Waals surface area contributed by atoms with Gasteiger partial charge in [-0.25, -0.2) is 4.98 Å². The van der Waals surface area contributed by atoms with Gasteiger partial charge in [-0.1, -0.05) is 17.7 Å². The highest BCUT2D eigenvalue weighted by Crippen LogP contribution is 2.24. The first-order valence-electron chi connectivity index (χ1n) is 4.89. The van der Waals surface area contributed by atoms with Crippen LogP contribution in [0.2, 0.25) is 5.15 Å². The smallest absolute Gasteiger partial charge is 0.155 e. The molecule has 0 saturated heterocycles. The van der Waals surface area contributed by atoms with Crippen LogP contribution >= 0.6 is 11.6 Å². The lowest BCUT2D eigenvalue weighted by atomic mass is 10.3. The Labute approximate surface area is 97.3 Å². The lowest BCUT2D eigenvalue weighted by molar-refractivity contribution is 1.15. The molecule has 3 aromatic rings. The van der Waals surface area contributed by atoms with Crippen molar-refractivity contribution >= 4 is 17.1 Å². The third kappa shape index (κ3) is 1.37. The highest BCUT2D eigenvalue weighted by atomic mass is 35.5. The summed E-state index contributed by atoms with van der Waals surface area (Å²) >= 11 is 6.08. The highest BCUT2D eigenvalue weighted by molar-refractivity contribution is 6.32. The molecule has 16 heavy (non-hydrogen) atoms. The first kappa shape index (κ1) is 9.36. The largest absolute Gasteiger partial charge is 0.298 e. The highest BCUT2D eigenvalue weighted by Gasteiger charge is 2.09. The van der Waals surface area contributed by atoms with E-state index < -0.39 is 0 Å². The van der Waals surface area contributed by atoms with E-state index >= 15 is 0 Å². The number of hydrogen-bond donors (Lipinski definition) is 0. The van der Waals surface area contributed by atoms with Gasteiger partial charge in [0, 0.05) is 24.2 Å². The van der Waals surface area contributed by atoms with E-state index in [2.05, 4.69) is 9.97 Å². The number of nitrogens with zero attached hydrogens (tertiary/aromatic N) is 3. The standard InChI is InChI=1S/C12H8ClN3/c13-11-10-5-1-2-7-16(10)12(15-11)9-4-3-6-14-8-9/h1-8H. The van der Waals surface area contributed by atoms with Crippen LogP contribution in [-0.4, -0.2) is 14.4 Å². The Morgan fingerprint density at radius 3 is 2.88 bits per heavy atom. The minimum atomic E-state index is 0.513. The van der Waals surface area contributed by atoms with Crippen molar-refractivity contribution in [3.8, 4) is 11.4 Å². The molecule has 0 aliphatic heterocycles. The Balaban J connectivity index is 2.33. The van der Waals surface area contributed by atoms with Gasteiger partial charge in [0.15, 0.2) is 5.15 Å². The van der Waals surface area contributed by atoms with E-state index in [0.29, 0.717) is 5.15 Å². The van der Waals surface area contributed by atoms with Gasteiger partial charge in [-0.05, 0) is 24.3 Å². The topological polar surface area (TPSA) is 30.2 Å². The Morgan fingerprint density at radius 1 is 1.12 bits per heavy atom. The summed E-state index contributed by atoms with van der Waals surface area (Å²) in [5.41, 5.74) is 1.86. The fourth-order valence-electron chi connectivity index (χ4n) is 1.70. The average molecular weight is 230 g/mol. The number of rotatable bonds is 1. The Hall–Kier alpha value is -1.87. The van der Waals surface area contributed by atoms with Crippen molar-refractivity contribution in [1.29, 1.82) is 0 Å². The maximum Gasteiger partial charge on any atom is 0.155 e. The molecule has 0 aliphatic carbocycles. The Morgan fingerprint density at radius 2 is 2.06 bits per heavy atom. The molecule has 3 aromatic heterocycles. The summed E-state index contributed by atoms with van der Waals surface area (Å²) in [6.07, 6.45) is 5.45. The third-order valence-electron chi connectivity index (χ3n) is 2.42. The van der Waals surface area contributed by atoms with E-state index in [1.165, 1.54) is 0 Å².